The van der Waals surface area contributed by atoms with Crippen LogP contribution in [0, 0.1) is 16.7 Å². The zero-order valence-electron chi connectivity index (χ0n) is 12.4. The molecule has 1 amide bonds. The van der Waals surface area contributed by atoms with Crippen LogP contribution >= 0.6 is 0 Å². The highest BCUT2D eigenvalue weighted by Gasteiger charge is 2.35. The first kappa shape index (κ1) is 15.3. The number of nitriles is 1. The van der Waals surface area contributed by atoms with Crippen molar-refractivity contribution in [3.8, 4) is 6.07 Å². The number of likely N-dealkylation sites (tertiary alicyclic amines) is 1. The summed E-state index contributed by atoms with van der Waals surface area (Å²) in [5, 5.41) is 8.88. The third-order valence-electron chi connectivity index (χ3n) is 4.31. The lowest BCUT2D eigenvalue weighted by atomic mass is 9.73. The highest BCUT2D eigenvalue weighted by atomic mass is 16.2. The van der Waals surface area contributed by atoms with E-state index in [1.165, 1.54) is 0 Å². The molecule has 0 N–H and O–H groups in total. The molecule has 1 aromatic carbocycles. The Morgan fingerprint density at radius 1 is 1.43 bits per heavy atom. The summed E-state index contributed by atoms with van der Waals surface area (Å²) < 4.78 is 0. The summed E-state index contributed by atoms with van der Waals surface area (Å²) in [6.45, 7) is 5.38. The summed E-state index contributed by atoms with van der Waals surface area (Å²) in [5.74, 6) is 0.0979. The fraction of sp³-hybridized carbons (Fsp3) is 0.444. The fourth-order valence-corrected chi connectivity index (χ4v) is 3.24. The van der Waals surface area contributed by atoms with Crippen LogP contribution in [0.5, 0.6) is 0 Å². The largest absolute Gasteiger partial charge is 0.338 e. The Morgan fingerprint density at radius 3 is 2.86 bits per heavy atom. The van der Waals surface area contributed by atoms with Crippen LogP contribution in [-0.2, 0) is 0 Å². The molecule has 1 unspecified atom stereocenters. The van der Waals surface area contributed by atoms with Crippen molar-refractivity contribution < 1.29 is 4.79 Å². The van der Waals surface area contributed by atoms with Gasteiger partial charge in [0.2, 0.25) is 0 Å². The Balaban J connectivity index is 2.13. The van der Waals surface area contributed by atoms with Crippen molar-refractivity contribution in [2.75, 3.05) is 13.1 Å². The molecule has 0 aliphatic carbocycles. The minimum atomic E-state index is 0.0279. The topological polar surface area (TPSA) is 44.1 Å². The molecular weight excluding hydrogens is 260 g/mol. The van der Waals surface area contributed by atoms with Crippen LogP contribution in [0.15, 0.2) is 43.0 Å². The van der Waals surface area contributed by atoms with Gasteiger partial charge in [-0.2, -0.15) is 5.26 Å². The molecule has 0 bridgehead atoms. The number of piperidine rings is 1. The van der Waals surface area contributed by atoms with Crippen molar-refractivity contribution in [3.63, 3.8) is 0 Å². The maximum Gasteiger partial charge on any atom is 0.253 e. The summed E-state index contributed by atoms with van der Waals surface area (Å²) >= 11 is 0. The average Bonchev–Trinajstić information content (AvgIpc) is 2.54. The number of rotatable bonds is 5. The number of amides is 1. The van der Waals surface area contributed by atoms with Crippen molar-refractivity contribution in [1.82, 2.24) is 4.90 Å². The average molecular weight is 282 g/mol. The van der Waals surface area contributed by atoms with Crippen LogP contribution in [-0.4, -0.2) is 23.9 Å². The van der Waals surface area contributed by atoms with E-state index in [0.29, 0.717) is 6.42 Å². The first-order chi connectivity index (χ1) is 10.2. The number of nitrogens with zero attached hydrogens (tertiary/aromatic N) is 2. The molecule has 0 aromatic heterocycles. The SMILES string of the molecule is C=CCC1(CCC#N)CCCN(C(=O)c2ccccc2)C1. The molecule has 0 saturated carbocycles. The fourth-order valence-electron chi connectivity index (χ4n) is 3.24. The first-order valence-electron chi connectivity index (χ1n) is 7.53. The molecule has 21 heavy (non-hydrogen) atoms. The minimum absolute atomic E-state index is 0.0279. The Bertz CT molecular complexity index is 532. The van der Waals surface area contributed by atoms with E-state index in [0.717, 1.165) is 44.3 Å². The van der Waals surface area contributed by atoms with Crippen LogP contribution < -0.4 is 0 Å². The van der Waals surface area contributed by atoms with Gasteiger partial charge in [0.15, 0.2) is 0 Å². The number of hydrogen-bond acceptors (Lipinski definition) is 2. The second-order valence-corrected chi connectivity index (χ2v) is 5.85. The highest BCUT2D eigenvalue weighted by Crippen LogP contribution is 2.38. The second-order valence-electron chi connectivity index (χ2n) is 5.85. The summed E-state index contributed by atoms with van der Waals surface area (Å²) in [4.78, 5) is 14.5. The van der Waals surface area contributed by atoms with Crippen molar-refractivity contribution in [3.05, 3.63) is 48.6 Å². The highest BCUT2D eigenvalue weighted by molar-refractivity contribution is 5.94. The molecule has 1 fully saturated rings. The summed E-state index contributed by atoms with van der Waals surface area (Å²) in [6, 6.07) is 11.7. The maximum absolute atomic E-state index is 12.6. The van der Waals surface area contributed by atoms with Gasteiger partial charge >= 0.3 is 0 Å². The van der Waals surface area contributed by atoms with E-state index in [4.69, 9.17) is 5.26 Å². The molecule has 3 heteroatoms. The van der Waals surface area contributed by atoms with E-state index in [2.05, 4.69) is 12.6 Å². The predicted octanol–water partition coefficient (Wildman–Crippen LogP) is 3.79. The summed E-state index contributed by atoms with van der Waals surface area (Å²) in [7, 11) is 0. The van der Waals surface area contributed by atoms with Crippen molar-refractivity contribution in [2.45, 2.75) is 32.1 Å². The van der Waals surface area contributed by atoms with Crippen LogP contribution in [0.1, 0.15) is 42.5 Å². The quantitative estimate of drug-likeness (QED) is 0.771. The van der Waals surface area contributed by atoms with Crippen LogP contribution in [0.2, 0.25) is 0 Å². The van der Waals surface area contributed by atoms with Crippen LogP contribution in [0.25, 0.3) is 0 Å². The van der Waals surface area contributed by atoms with E-state index in [9.17, 15) is 4.79 Å². The van der Waals surface area contributed by atoms with Crippen molar-refractivity contribution in [2.24, 2.45) is 5.41 Å². The lowest BCUT2D eigenvalue weighted by Gasteiger charge is -2.42. The van der Waals surface area contributed by atoms with Crippen LogP contribution in [0.4, 0.5) is 0 Å². The van der Waals surface area contributed by atoms with Crippen molar-refractivity contribution in [1.29, 1.82) is 5.26 Å². The van der Waals surface area contributed by atoms with Gasteiger partial charge in [-0.15, -0.1) is 6.58 Å². The third kappa shape index (κ3) is 3.72. The number of carbonyl (C=O) groups is 1. The lowest BCUT2D eigenvalue weighted by molar-refractivity contribution is 0.0496. The van der Waals surface area contributed by atoms with Gasteiger partial charge in [0.05, 0.1) is 6.07 Å². The number of carbonyl (C=O) groups excluding carboxylic acids is 1. The Morgan fingerprint density at radius 2 is 2.19 bits per heavy atom. The second kappa shape index (κ2) is 7.08. The van der Waals surface area contributed by atoms with Gasteiger partial charge in [0.25, 0.3) is 5.91 Å². The van der Waals surface area contributed by atoms with E-state index in [-0.39, 0.29) is 11.3 Å². The monoisotopic (exact) mass is 282 g/mol. The molecule has 2 rings (SSSR count). The molecule has 0 radical (unpaired) electrons. The summed E-state index contributed by atoms with van der Waals surface area (Å²) in [6.07, 6.45) is 6.24. The van der Waals surface area contributed by atoms with E-state index in [1.54, 1.807) is 0 Å². The Labute approximate surface area is 126 Å². The van der Waals surface area contributed by atoms with Gasteiger partial charge in [-0.1, -0.05) is 24.3 Å². The lowest BCUT2D eigenvalue weighted by Crippen LogP contribution is -2.46. The smallest absolute Gasteiger partial charge is 0.253 e. The molecule has 1 aromatic rings. The number of benzene rings is 1. The molecule has 110 valence electrons. The van der Waals surface area contributed by atoms with Crippen molar-refractivity contribution >= 4 is 5.91 Å². The van der Waals surface area contributed by atoms with E-state index >= 15 is 0 Å². The molecule has 1 saturated heterocycles. The van der Waals surface area contributed by atoms with E-state index in [1.807, 2.05) is 41.3 Å². The van der Waals surface area contributed by atoms with Crippen LogP contribution in [0.3, 0.4) is 0 Å². The predicted molar refractivity (Wildman–Crippen MR) is 83.7 cm³/mol. The van der Waals surface area contributed by atoms with Gasteiger partial charge in [-0.3, -0.25) is 4.79 Å². The molecule has 1 heterocycles. The molecule has 1 atom stereocenters. The summed E-state index contributed by atoms with van der Waals surface area (Å²) in [5.41, 5.74) is 0.771. The number of allylic oxidation sites excluding steroid dienone is 1. The zero-order valence-corrected chi connectivity index (χ0v) is 12.4. The van der Waals surface area contributed by atoms with Gasteiger partial charge in [-0.25, -0.2) is 0 Å². The van der Waals surface area contributed by atoms with Gasteiger partial charge < -0.3 is 4.90 Å². The van der Waals surface area contributed by atoms with Gasteiger partial charge in [-0.05, 0) is 43.2 Å². The third-order valence-corrected chi connectivity index (χ3v) is 4.31. The molecule has 3 nitrogen and oxygen atoms in total. The Kier molecular flexibility index (Phi) is 5.16. The maximum atomic E-state index is 12.6. The molecular formula is C18H22N2O. The van der Waals surface area contributed by atoms with E-state index < -0.39 is 0 Å². The van der Waals surface area contributed by atoms with Gasteiger partial charge in [0, 0.05) is 25.1 Å². The normalized spacial score (nSPS) is 21.6. The Hall–Kier alpha value is -2.08. The molecule has 1 aliphatic heterocycles. The first-order valence-corrected chi connectivity index (χ1v) is 7.53. The standard InChI is InChI=1S/C18H22N2O/c1-2-10-18(11-6-13-19)12-7-14-20(15-18)17(21)16-8-4-3-5-9-16/h2-5,8-9H,1,6-7,10-12,14-15H2. The molecule has 0 spiro atoms. The van der Waals surface area contributed by atoms with Gasteiger partial charge in [0.1, 0.15) is 0 Å². The molecule has 1 aliphatic rings. The number of hydrogen-bond donors (Lipinski definition) is 0. The minimum Gasteiger partial charge on any atom is -0.338 e. The zero-order chi connectivity index (χ0) is 15.1.